The predicted molar refractivity (Wildman–Crippen MR) is 74.9 cm³/mol. The lowest BCUT2D eigenvalue weighted by Gasteiger charge is -2.18. The summed E-state index contributed by atoms with van der Waals surface area (Å²) in [6.45, 7) is 1.83. The lowest BCUT2D eigenvalue weighted by atomic mass is 10.2. The zero-order valence-corrected chi connectivity index (χ0v) is 11.1. The van der Waals surface area contributed by atoms with Gasteiger partial charge in [0.2, 0.25) is 0 Å². The van der Waals surface area contributed by atoms with Gasteiger partial charge in [-0.15, -0.1) is 5.23 Å². The zero-order chi connectivity index (χ0) is 13.1. The van der Waals surface area contributed by atoms with Gasteiger partial charge in [-0.25, -0.2) is 0 Å². The summed E-state index contributed by atoms with van der Waals surface area (Å²) in [7, 11) is 0. The van der Waals surface area contributed by atoms with Gasteiger partial charge < -0.3 is 0 Å². The van der Waals surface area contributed by atoms with Gasteiger partial charge in [0, 0.05) is 0 Å². The molecule has 2 nitrogen and oxygen atoms in total. The van der Waals surface area contributed by atoms with Crippen LogP contribution in [0.15, 0.2) is 42.5 Å². The Hall–Kier alpha value is -1.45. The van der Waals surface area contributed by atoms with Gasteiger partial charge >= 0.3 is 0 Å². The van der Waals surface area contributed by atoms with Gasteiger partial charge in [0.1, 0.15) is 0 Å². The van der Waals surface area contributed by atoms with Crippen molar-refractivity contribution in [1.29, 1.82) is 0 Å². The first-order chi connectivity index (χ1) is 8.58. The van der Waals surface area contributed by atoms with Gasteiger partial charge in [-0.05, 0) is 36.8 Å². The molecule has 0 atom stereocenters. The first kappa shape index (κ1) is 13.0. The third-order valence-electron chi connectivity index (χ3n) is 2.47. The van der Waals surface area contributed by atoms with Crippen LogP contribution in [0.25, 0.3) is 0 Å². The molecule has 0 aliphatic rings. The van der Waals surface area contributed by atoms with Crippen LogP contribution in [0.5, 0.6) is 0 Å². The van der Waals surface area contributed by atoms with E-state index in [1.807, 2.05) is 19.1 Å². The monoisotopic (exact) mass is 284 g/mol. The van der Waals surface area contributed by atoms with Crippen molar-refractivity contribution in [3.63, 3.8) is 0 Å². The Morgan fingerprint density at radius 1 is 1.06 bits per heavy atom. The molecule has 94 valence electrons. The van der Waals surface area contributed by atoms with Crippen LogP contribution in [-0.2, 0) is 0 Å². The van der Waals surface area contributed by atoms with E-state index in [2.05, 4.69) is 5.43 Å². The van der Waals surface area contributed by atoms with Crippen molar-refractivity contribution in [2.45, 2.75) is 6.92 Å². The molecule has 0 heterocycles. The van der Waals surface area contributed by atoms with Crippen LogP contribution in [0.4, 0.5) is 15.9 Å². The van der Waals surface area contributed by atoms with Gasteiger partial charge in [-0.2, -0.15) is 0 Å². The van der Waals surface area contributed by atoms with E-state index < -0.39 is 0 Å². The molecule has 0 bridgehead atoms. The normalized spacial score (nSPS) is 10.2. The second kappa shape index (κ2) is 5.46. The standard InChI is InChI=1S/C13H11Cl2FN2/c1-9-4-2-3-5-13(9)18(16)17-10-6-7-11(14)12(15)8-10/h2-8,17H,1H3. The van der Waals surface area contributed by atoms with E-state index in [-0.39, 0.29) is 0 Å². The molecule has 18 heavy (non-hydrogen) atoms. The van der Waals surface area contributed by atoms with E-state index in [4.69, 9.17) is 23.2 Å². The molecule has 0 aliphatic carbocycles. The summed E-state index contributed by atoms with van der Waals surface area (Å²) >= 11 is 11.7. The smallest absolute Gasteiger partial charge is 0.0960 e. The molecule has 5 heteroatoms. The summed E-state index contributed by atoms with van der Waals surface area (Å²) in [6.07, 6.45) is 0. The van der Waals surface area contributed by atoms with Crippen LogP contribution in [0, 0.1) is 6.92 Å². The molecule has 0 fully saturated rings. The number of nitrogens with one attached hydrogen (secondary N) is 1. The lowest BCUT2D eigenvalue weighted by molar-refractivity contribution is 0.471. The Morgan fingerprint density at radius 3 is 2.44 bits per heavy atom. The van der Waals surface area contributed by atoms with Crippen molar-refractivity contribution in [1.82, 2.24) is 0 Å². The summed E-state index contributed by atoms with van der Waals surface area (Å²) in [5.74, 6) is 0. The summed E-state index contributed by atoms with van der Waals surface area (Å²) in [4.78, 5) is 0. The Balaban J connectivity index is 2.19. The summed E-state index contributed by atoms with van der Waals surface area (Å²) in [5.41, 5.74) is 4.39. The molecule has 0 saturated carbocycles. The highest BCUT2D eigenvalue weighted by Gasteiger charge is 2.08. The van der Waals surface area contributed by atoms with Crippen molar-refractivity contribution in [2.24, 2.45) is 0 Å². The lowest BCUT2D eigenvalue weighted by Crippen LogP contribution is -2.20. The molecule has 0 saturated heterocycles. The van der Waals surface area contributed by atoms with E-state index >= 15 is 0 Å². The largest absolute Gasteiger partial charge is 0.270 e. The molecule has 2 aromatic carbocycles. The molecule has 2 aromatic rings. The van der Waals surface area contributed by atoms with Crippen LogP contribution in [-0.4, -0.2) is 0 Å². The molecule has 0 spiro atoms. The molecule has 0 unspecified atom stereocenters. The fourth-order valence-corrected chi connectivity index (χ4v) is 1.82. The summed E-state index contributed by atoms with van der Waals surface area (Å²) < 4.78 is 14.0. The number of hydrazine groups is 1. The zero-order valence-electron chi connectivity index (χ0n) is 9.62. The van der Waals surface area contributed by atoms with E-state index in [9.17, 15) is 4.48 Å². The molecular weight excluding hydrogens is 274 g/mol. The summed E-state index contributed by atoms with van der Waals surface area (Å²) in [6, 6.07) is 12.0. The van der Waals surface area contributed by atoms with Gasteiger partial charge in [-0.3, -0.25) is 5.43 Å². The second-order valence-electron chi connectivity index (χ2n) is 3.81. The Kier molecular flexibility index (Phi) is 3.94. The van der Waals surface area contributed by atoms with Crippen molar-refractivity contribution in [3.05, 3.63) is 58.1 Å². The van der Waals surface area contributed by atoms with Gasteiger partial charge in [0.15, 0.2) is 0 Å². The number of nitrogens with zero attached hydrogens (tertiary/aromatic N) is 1. The maximum atomic E-state index is 14.0. The number of benzene rings is 2. The van der Waals surface area contributed by atoms with Crippen LogP contribution in [0.1, 0.15) is 5.56 Å². The van der Waals surface area contributed by atoms with E-state index in [0.717, 1.165) is 5.56 Å². The number of hydrogen-bond donors (Lipinski definition) is 1. The third-order valence-corrected chi connectivity index (χ3v) is 3.21. The number of hydrogen-bond acceptors (Lipinski definition) is 2. The first-order valence-corrected chi connectivity index (χ1v) is 6.07. The Bertz CT molecular complexity index is 560. The molecule has 0 aliphatic heterocycles. The van der Waals surface area contributed by atoms with Crippen LogP contribution >= 0.6 is 23.2 Å². The van der Waals surface area contributed by atoms with Crippen LogP contribution < -0.4 is 10.7 Å². The maximum Gasteiger partial charge on any atom is 0.0960 e. The van der Waals surface area contributed by atoms with Crippen molar-refractivity contribution in [2.75, 3.05) is 10.7 Å². The number of aryl methyl sites for hydroxylation is 1. The highest BCUT2D eigenvalue weighted by molar-refractivity contribution is 6.42. The molecule has 2 rings (SSSR count). The van der Waals surface area contributed by atoms with Gasteiger partial charge in [0.05, 0.1) is 21.4 Å². The SMILES string of the molecule is Cc1ccccc1N(F)Nc1ccc(Cl)c(Cl)c1. The first-order valence-electron chi connectivity index (χ1n) is 5.31. The minimum absolute atomic E-state index is 0.375. The second-order valence-corrected chi connectivity index (χ2v) is 4.62. The van der Waals surface area contributed by atoms with E-state index in [0.29, 0.717) is 26.7 Å². The summed E-state index contributed by atoms with van der Waals surface area (Å²) in [5, 5.41) is 1.26. The van der Waals surface area contributed by atoms with Crippen LogP contribution in [0.2, 0.25) is 10.0 Å². The Labute approximate surface area is 115 Å². The van der Waals surface area contributed by atoms with Gasteiger partial charge in [0.25, 0.3) is 0 Å². The van der Waals surface area contributed by atoms with Crippen molar-refractivity contribution >= 4 is 34.6 Å². The Morgan fingerprint density at radius 2 is 1.78 bits per heavy atom. The number of halogens is 3. The van der Waals surface area contributed by atoms with Crippen LogP contribution in [0.3, 0.4) is 0 Å². The molecular formula is C13H11Cl2FN2. The predicted octanol–water partition coefficient (Wildman–Crippen LogP) is 5.02. The topological polar surface area (TPSA) is 15.3 Å². The van der Waals surface area contributed by atoms with E-state index in [1.165, 1.54) is 0 Å². The minimum atomic E-state index is 0.375. The highest BCUT2D eigenvalue weighted by atomic mass is 35.5. The number of anilines is 2. The fourth-order valence-electron chi connectivity index (χ4n) is 1.52. The highest BCUT2D eigenvalue weighted by Crippen LogP contribution is 2.27. The fraction of sp³-hybridized carbons (Fsp3) is 0.0769. The third kappa shape index (κ3) is 2.86. The molecule has 0 aromatic heterocycles. The quantitative estimate of drug-likeness (QED) is 0.629. The van der Waals surface area contributed by atoms with Gasteiger partial charge in [-0.1, -0.05) is 45.9 Å². The van der Waals surface area contributed by atoms with Crippen molar-refractivity contribution < 1.29 is 4.48 Å². The molecule has 0 radical (unpaired) electrons. The number of rotatable bonds is 3. The number of para-hydroxylation sites is 1. The average molecular weight is 285 g/mol. The molecule has 1 N–H and O–H groups in total. The average Bonchev–Trinajstić information content (AvgIpc) is 2.34. The maximum absolute atomic E-state index is 14.0. The van der Waals surface area contributed by atoms with Crippen molar-refractivity contribution in [3.8, 4) is 0 Å². The molecule has 0 amide bonds. The van der Waals surface area contributed by atoms with E-state index in [1.54, 1.807) is 30.3 Å². The minimum Gasteiger partial charge on any atom is -0.270 e.